The summed E-state index contributed by atoms with van der Waals surface area (Å²) >= 11 is 1.27. The summed E-state index contributed by atoms with van der Waals surface area (Å²) in [6.45, 7) is 4.12. The number of rotatable bonds is 6. The van der Waals surface area contributed by atoms with E-state index in [-0.39, 0.29) is 17.1 Å². The van der Waals surface area contributed by atoms with E-state index in [4.69, 9.17) is 4.42 Å². The van der Waals surface area contributed by atoms with Crippen LogP contribution in [0.3, 0.4) is 0 Å². The van der Waals surface area contributed by atoms with Gasteiger partial charge in [-0.05, 0) is 30.4 Å². The Bertz CT molecular complexity index is 1040. The number of nitrogens with zero attached hydrogens (tertiary/aromatic N) is 3. The van der Waals surface area contributed by atoms with Gasteiger partial charge in [0.1, 0.15) is 0 Å². The summed E-state index contributed by atoms with van der Waals surface area (Å²) in [5.74, 6) is 0.964. The van der Waals surface area contributed by atoms with E-state index in [1.165, 1.54) is 11.3 Å². The van der Waals surface area contributed by atoms with E-state index >= 15 is 0 Å². The van der Waals surface area contributed by atoms with Crippen LogP contribution in [0.1, 0.15) is 54.4 Å². The van der Waals surface area contributed by atoms with E-state index < -0.39 is 0 Å². The molecule has 4 rings (SSSR count). The van der Waals surface area contributed by atoms with Gasteiger partial charge in [0.2, 0.25) is 17.7 Å². The Morgan fingerprint density at radius 2 is 2.00 bits per heavy atom. The van der Waals surface area contributed by atoms with Crippen molar-refractivity contribution in [3.63, 3.8) is 0 Å². The first-order chi connectivity index (χ1) is 13.9. The minimum atomic E-state index is -0.134. The van der Waals surface area contributed by atoms with Crippen molar-refractivity contribution in [2.24, 2.45) is 5.41 Å². The first-order valence-electron chi connectivity index (χ1n) is 9.60. The number of benzene rings is 1. The van der Waals surface area contributed by atoms with Gasteiger partial charge >= 0.3 is 0 Å². The van der Waals surface area contributed by atoms with Gasteiger partial charge in [0.25, 0.3) is 0 Å². The molecule has 0 radical (unpaired) electrons. The second-order valence-corrected chi connectivity index (χ2v) is 9.00. The Balaban J connectivity index is 1.29. The number of carbonyl (C=O) groups excluding carboxylic acids is 2. The molecule has 8 heteroatoms. The molecule has 29 heavy (non-hydrogen) atoms. The van der Waals surface area contributed by atoms with Crippen LogP contribution in [0.4, 0.5) is 5.13 Å². The number of nitrogens with one attached hydrogen (secondary N) is 1. The Labute approximate surface area is 172 Å². The van der Waals surface area contributed by atoms with Crippen LogP contribution in [0.25, 0.3) is 11.5 Å². The van der Waals surface area contributed by atoms with Crippen molar-refractivity contribution in [1.82, 2.24) is 15.2 Å². The molecule has 0 saturated heterocycles. The van der Waals surface area contributed by atoms with Crippen LogP contribution >= 0.6 is 11.3 Å². The van der Waals surface area contributed by atoms with Crippen LogP contribution in [-0.4, -0.2) is 26.9 Å². The molecule has 3 aromatic rings. The molecule has 0 fully saturated rings. The van der Waals surface area contributed by atoms with Crippen LogP contribution < -0.4 is 5.32 Å². The number of hydrogen-bond acceptors (Lipinski definition) is 7. The largest absolute Gasteiger partial charge is 0.421 e. The van der Waals surface area contributed by atoms with Crippen molar-refractivity contribution in [3.05, 3.63) is 46.8 Å². The molecule has 0 bridgehead atoms. The molecule has 2 heterocycles. The Morgan fingerprint density at radius 1 is 1.21 bits per heavy atom. The maximum absolute atomic E-state index is 12.3. The Kier molecular flexibility index (Phi) is 5.27. The number of carbonyl (C=O) groups is 2. The third kappa shape index (κ3) is 4.59. The lowest BCUT2D eigenvalue weighted by Crippen LogP contribution is -2.26. The van der Waals surface area contributed by atoms with E-state index in [1.54, 1.807) is 0 Å². The number of ketones is 1. The highest BCUT2D eigenvalue weighted by atomic mass is 32.1. The summed E-state index contributed by atoms with van der Waals surface area (Å²) in [5, 5.41) is 11.4. The van der Waals surface area contributed by atoms with E-state index in [0.717, 1.165) is 17.7 Å². The fourth-order valence-corrected chi connectivity index (χ4v) is 4.34. The van der Waals surface area contributed by atoms with Crippen molar-refractivity contribution in [2.45, 2.75) is 46.0 Å². The molecule has 1 N–H and O–H groups in total. The van der Waals surface area contributed by atoms with E-state index in [9.17, 15) is 9.59 Å². The van der Waals surface area contributed by atoms with E-state index in [0.29, 0.717) is 47.5 Å². The minimum Gasteiger partial charge on any atom is -0.421 e. The summed E-state index contributed by atoms with van der Waals surface area (Å²) in [5.41, 5.74) is 1.59. The van der Waals surface area contributed by atoms with Crippen molar-refractivity contribution in [3.8, 4) is 11.5 Å². The number of thiazole rings is 1. The number of aromatic nitrogens is 3. The predicted molar refractivity (Wildman–Crippen MR) is 110 cm³/mol. The quantitative estimate of drug-likeness (QED) is 0.650. The molecule has 0 atom stereocenters. The number of fused-ring (bicyclic) bond motifs is 1. The summed E-state index contributed by atoms with van der Waals surface area (Å²) in [4.78, 5) is 29.7. The second kappa shape index (κ2) is 7.87. The number of Topliss-reactive ketones (excluding diaryl/α,β-unsaturated/α-hetero) is 1. The number of hydrogen-bond donors (Lipinski definition) is 1. The topological polar surface area (TPSA) is 98.0 Å². The first kappa shape index (κ1) is 19.4. The fourth-order valence-electron chi connectivity index (χ4n) is 3.41. The van der Waals surface area contributed by atoms with Crippen LogP contribution in [0.15, 0.2) is 34.7 Å². The van der Waals surface area contributed by atoms with Crippen LogP contribution in [0.5, 0.6) is 0 Å². The molecule has 7 nitrogen and oxygen atoms in total. The SMILES string of the molecule is CC1(C)CC(=O)c2sc(NC(=O)CCCc3nnc(-c4ccccc4)o3)nc2C1. The number of amides is 1. The lowest BCUT2D eigenvalue weighted by molar-refractivity contribution is -0.116. The Morgan fingerprint density at radius 3 is 2.79 bits per heavy atom. The average molecular weight is 410 g/mol. The molecule has 150 valence electrons. The standard InChI is InChI=1S/C21H22N4O3S/c1-21(2)11-14-18(15(26)12-21)29-20(22-14)23-16(27)9-6-10-17-24-25-19(28-17)13-7-4-3-5-8-13/h3-5,7-8H,6,9-12H2,1-2H3,(H,22,23,27). The van der Waals surface area contributed by atoms with Crippen LogP contribution in [-0.2, 0) is 17.6 Å². The molecular weight excluding hydrogens is 388 g/mol. The van der Waals surface area contributed by atoms with Gasteiger partial charge in [-0.15, -0.1) is 10.2 Å². The highest BCUT2D eigenvalue weighted by molar-refractivity contribution is 7.17. The first-order valence-corrected chi connectivity index (χ1v) is 10.4. The lowest BCUT2D eigenvalue weighted by Gasteiger charge is -2.26. The third-order valence-electron chi connectivity index (χ3n) is 4.76. The van der Waals surface area contributed by atoms with Gasteiger partial charge in [-0.1, -0.05) is 43.4 Å². The van der Waals surface area contributed by atoms with Crippen molar-refractivity contribution in [2.75, 3.05) is 5.32 Å². The van der Waals surface area contributed by atoms with E-state index in [2.05, 4.69) is 34.3 Å². The second-order valence-electron chi connectivity index (χ2n) is 8.00. The average Bonchev–Trinajstić information content (AvgIpc) is 3.28. The minimum absolute atomic E-state index is 0.0812. The Hall–Kier alpha value is -2.87. The lowest BCUT2D eigenvalue weighted by atomic mass is 9.78. The van der Waals surface area contributed by atoms with Gasteiger partial charge < -0.3 is 9.73 Å². The van der Waals surface area contributed by atoms with E-state index in [1.807, 2.05) is 30.3 Å². The maximum atomic E-state index is 12.3. The van der Waals surface area contributed by atoms with Gasteiger partial charge in [0.05, 0.1) is 10.6 Å². The summed E-state index contributed by atoms with van der Waals surface area (Å²) < 4.78 is 5.65. The molecule has 0 spiro atoms. The highest BCUT2D eigenvalue weighted by Gasteiger charge is 2.34. The molecule has 1 aliphatic carbocycles. The maximum Gasteiger partial charge on any atom is 0.247 e. The summed E-state index contributed by atoms with van der Waals surface area (Å²) in [6.07, 6.45) is 2.69. The molecule has 1 aromatic carbocycles. The van der Waals surface area contributed by atoms with Gasteiger partial charge in [0, 0.05) is 24.8 Å². The summed E-state index contributed by atoms with van der Waals surface area (Å²) in [6, 6.07) is 9.56. The smallest absolute Gasteiger partial charge is 0.247 e. The molecular formula is C21H22N4O3S. The zero-order valence-corrected chi connectivity index (χ0v) is 17.2. The van der Waals surface area contributed by atoms with Gasteiger partial charge in [-0.25, -0.2) is 4.98 Å². The monoisotopic (exact) mass is 410 g/mol. The van der Waals surface area contributed by atoms with Crippen molar-refractivity contribution >= 4 is 28.2 Å². The molecule has 2 aromatic heterocycles. The predicted octanol–water partition coefficient (Wildman–Crippen LogP) is 4.31. The number of aryl methyl sites for hydroxylation is 1. The van der Waals surface area contributed by atoms with Crippen LogP contribution in [0, 0.1) is 5.41 Å². The molecule has 0 unspecified atom stereocenters. The molecule has 0 aliphatic heterocycles. The molecule has 1 aliphatic rings. The normalized spacial score (nSPS) is 15.2. The van der Waals surface area contributed by atoms with Gasteiger partial charge in [-0.2, -0.15) is 0 Å². The molecule has 1 amide bonds. The third-order valence-corrected chi connectivity index (χ3v) is 5.82. The summed E-state index contributed by atoms with van der Waals surface area (Å²) in [7, 11) is 0. The highest BCUT2D eigenvalue weighted by Crippen LogP contribution is 2.38. The molecule has 0 saturated carbocycles. The zero-order chi connectivity index (χ0) is 20.4. The van der Waals surface area contributed by atoms with Gasteiger partial charge in [0.15, 0.2) is 10.9 Å². The van der Waals surface area contributed by atoms with Gasteiger partial charge in [-0.3, -0.25) is 9.59 Å². The van der Waals surface area contributed by atoms with Crippen molar-refractivity contribution < 1.29 is 14.0 Å². The van der Waals surface area contributed by atoms with Crippen LogP contribution in [0.2, 0.25) is 0 Å². The zero-order valence-electron chi connectivity index (χ0n) is 16.4. The fraction of sp³-hybridized carbons (Fsp3) is 0.381. The number of anilines is 1. The van der Waals surface area contributed by atoms with Crippen molar-refractivity contribution in [1.29, 1.82) is 0 Å².